The highest BCUT2D eigenvalue weighted by molar-refractivity contribution is 5.95. The molecule has 0 atom stereocenters. The Balaban J connectivity index is 2.87. The first-order valence-corrected chi connectivity index (χ1v) is 6.72. The van der Waals surface area contributed by atoms with Gasteiger partial charge in [0.1, 0.15) is 5.75 Å². The van der Waals surface area contributed by atoms with Crippen LogP contribution in [0.4, 0.5) is 0 Å². The predicted molar refractivity (Wildman–Crippen MR) is 79.5 cm³/mol. The molecule has 0 spiro atoms. The Hall–Kier alpha value is -1.97. The number of benzene rings is 1. The molecule has 1 heterocycles. The number of rotatable bonds is 4. The zero-order chi connectivity index (χ0) is 15.1. The number of aliphatic carboxylic acids is 1. The van der Waals surface area contributed by atoms with Crippen LogP contribution in [0.5, 0.6) is 5.75 Å². The van der Waals surface area contributed by atoms with Gasteiger partial charge < -0.3 is 14.4 Å². The number of fused-ring (bicyclic) bond motifs is 1. The molecule has 0 aliphatic rings. The molecule has 0 unspecified atom stereocenters. The normalized spacial score (nSPS) is 12.1. The average Bonchev–Trinajstić information content (AvgIpc) is 2.78. The predicted octanol–water partition coefficient (Wildman–Crippen LogP) is 3.59. The van der Waals surface area contributed by atoms with Crippen molar-refractivity contribution in [2.45, 2.75) is 39.2 Å². The molecule has 108 valence electrons. The standard InChI is InChI=1S/C16H21NO3/c1-10(2)17-9-11(16(3,4)15(18)19)14-12(17)7-6-8-13(14)20-5/h6-10H,1-5H3,(H,18,19). The lowest BCUT2D eigenvalue weighted by molar-refractivity contribution is -0.142. The maximum atomic E-state index is 11.6. The molecule has 0 aliphatic carbocycles. The fourth-order valence-corrected chi connectivity index (χ4v) is 2.47. The topological polar surface area (TPSA) is 51.5 Å². The number of ether oxygens (including phenoxy) is 1. The van der Waals surface area contributed by atoms with Gasteiger partial charge in [-0.2, -0.15) is 0 Å². The van der Waals surface area contributed by atoms with Gasteiger partial charge in [0.05, 0.1) is 18.0 Å². The van der Waals surface area contributed by atoms with Gasteiger partial charge in [0, 0.05) is 17.6 Å². The van der Waals surface area contributed by atoms with Crippen LogP contribution in [-0.2, 0) is 10.2 Å². The second-order valence-corrected chi connectivity index (χ2v) is 5.83. The Labute approximate surface area is 119 Å². The van der Waals surface area contributed by atoms with E-state index in [2.05, 4.69) is 18.4 Å². The highest BCUT2D eigenvalue weighted by Gasteiger charge is 2.34. The molecule has 1 aromatic carbocycles. The summed E-state index contributed by atoms with van der Waals surface area (Å²) < 4.78 is 7.52. The summed E-state index contributed by atoms with van der Waals surface area (Å²) in [5.74, 6) is -0.127. The summed E-state index contributed by atoms with van der Waals surface area (Å²) in [5.41, 5.74) is 0.822. The molecule has 1 N–H and O–H groups in total. The first-order valence-electron chi connectivity index (χ1n) is 6.72. The van der Waals surface area contributed by atoms with E-state index in [1.54, 1.807) is 21.0 Å². The SMILES string of the molecule is COc1cccc2c1c(C(C)(C)C(=O)O)cn2C(C)C. The van der Waals surface area contributed by atoms with Gasteiger partial charge >= 0.3 is 5.97 Å². The monoisotopic (exact) mass is 275 g/mol. The van der Waals surface area contributed by atoms with E-state index in [-0.39, 0.29) is 6.04 Å². The van der Waals surface area contributed by atoms with Crippen molar-refractivity contribution in [3.8, 4) is 5.75 Å². The van der Waals surface area contributed by atoms with Crippen LogP contribution in [0.2, 0.25) is 0 Å². The molecular formula is C16H21NO3. The first kappa shape index (κ1) is 14.4. The van der Waals surface area contributed by atoms with Crippen LogP contribution in [0.25, 0.3) is 10.9 Å². The zero-order valence-corrected chi connectivity index (χ0v) is 12.6. The molecule has 4 nitrogen and oxygen atoms in total. The smallest absolute Gasteiger partial charge is 0.313 e. The number of carboxylic acids is 1. The second-order valence-electron chi connectivity index (χ2n) is 5.83. The van der Waals surface area contributed by atoms with Gasteiger partial charge in [-0.05, 0) is 45.4 Å². The van der Waals surface area contributed by atoms with Crippen molar-refractivity contribution in [2.75, 3.05) is 7.11 Å². The Kier molecular flexibility index (Phi) is 3.50. The number of aromatic nitrogens is 1. The van der Waals surface area contributed by atoms with Crippen molar-refractivity contribution in [3.63, 3.8) is 0 Å². The van der Waals surface area contributed by atoms with Gasteiger partial charge in [0.15, 0.2) is 0 Å². The molecule has 0 amide bonds. The summed E-state index contributed by atoms with van der Waals surface area (Å²) in [7, 11) is 1.61. The Morgan fingerprint density at radius 3 is 2.50 bits per heavy atom. The van der Waals surface area contributed by atoms with Gasteiger partial charge in [-0.3, -0.25) is 4.79 Å². The van der Waals surface area contributed by atoms with Crippen LogP contribution in [0.3, 0.4) is 0 Å². The Morgan fingerprint density at radius 1 is 1.35 bits per heavy atom. The minimum atomic E-state index is -0.965. The van der Waals surface area contributed by atoms with Crippen LogP contribution in [-0.4, -0.2) is 22.8 Å². The maximum absolute atomic E-state index is 11.6. The number of hydrogen-bond acceptors (Lipinski definition) is 2. The summed E-state index contributed by atoms with van der Waals surface area (Å²) in [4.78, 5) is 11.6. The molecule has 0 bridgehead atoms. The molecule has 0 aliphatic heterocycles. The minimum absolute atomic E-state index is 0.253. The molecule has 0 saturated heterocycles. The van der Waals surface area contributed by atoms with Crippen LogP contribution in [0.15, 0.2) is 24.4 Å². The molecule has 2 rings (SSSR count). The van der Waals surface area contributed by atoms with Gasteiger partial charge in [0.2, 0.25) is 0 Å². The van der Waals surface area contributed by atoms with Crippen LogP contribution in [0, 0.1) is 0 Å². The fourth-order valence-electron chi connectivity index (χ4n) is 2.47. The van der Waals surface area contributed by atoms with Crippen molar-refractivity contribution < 1.29 is 14.6 Å². The van der Waals surface area contributed by atoms with E-state index < -0.39 is 11.4 Å². The van der Waals surface area contributed by atoms with Crippen LogP contribution < -0.4 is 4.74 Å². The highest BCUT2D eigenvalue weighted by atomic mass is 16.5. The van der Waals surface area contributed by atoms with Gasteiger partial charge in [-0.1, -0.05) is 6.07 Å². The Morgan fingerprint density at radius 2 is 2.00 bits per heavy atom. The number of hydrogen-bond donors (Lipinski definition) is 1. The average molecular weight is 275 g/mol. The lowest BCUT2D eigenvalue weighted by atomic mass is 9.84. The number of methoxy groups -OCH3 is 1. The van der Waals surface area contributed by atoms with Crippen molar-refractivity contribution in [3.05, 3.63) is 30.0 Å². The van der Waals surface area contributed by atoms with E-state index >= 15 is 0 Å². The Bertz CT molecular complexity index is 653. The minimum Gasteiger partial charge on any atom is -0.496 e. The van der Waals surface area contributed by atoms with E-state index in [4.69, 9.17) is 4.74 Å². The first-order chi connectivity index (χ1) is 9.30. The van der Waals surface area contributed by atoms with Gasteiger partial charge in [-0.15, -0.1) is 0 Å². The molecule has 0 saturated carbocycles. The lowest BCUT2D eigenvalue weighted by Gasteiger charge is -2.19. The molecule has 4 heteroatoms. The van der Waals surface area contributed by atoms with Crippen molar-refractivity contribution in [1.82, 2.24) is 4.57 Å². The summed E-state index contributed by atoms with van der Waals surface area (Å²) in [6, 6.07) is 6.05. The third-order valence-corrected chi connectivity index (χ3v) is 3.80. The van der Waals surface area contributed by atoms with Crippen LogP contribution in [0.1, 0.15) is 39.3 Å². The third kappa shape index (κ3) is 2.05. The van der Waals surface area contributed by atoms with E-state index in [0.717, 1.165) is 16.5 Å². The van der Waals surface area contributed by atoms with Gasteiger partial charge in [0.25, 0.3) is 0 Å². The number of carbonyl (C=O) groups is 1. The molecule has 1 aromatic heterocycles. The van der Waals surface area contributed by atoms with Crippen LogP contribution >= 0.6 is 0 Å². The van der Waals surface area contributed by atoms with E-state index in [1.165, 1.54) is 0 Å². The highest BCUT2D eigenvalue weighted by Crippen LogP contribution is 2.38. The van der Waals surface area contributed by atoms with Crippen molar-refractivity contribution in [1.29, 1.82) is 0 Å². The summed E-state index contributed by atoms with van der Waals surface area (Å²) in [6.07, 6.45) is 1.94. The number of carboxylic acid groups (broad SMARTS) is 1. The molecule has 2 aromatic rings. The van der Waals surface area contributed by atoms with E-state index in [0.29, 0.717) is 5.75 Å². The second kappa shape index (κ2) is 4.85. The van der Waals surface area contributed by atoms with E-state index in [1.807, 2.05) is 24.4 Å². The molecule has 20 heavy (non-hydrogen) atoms. The summed E-state index contributed by atoms with van der Waals surface area (Å²) >= 11 is 0. The molecule has 0 fully saturated rings. The number of nitrogens with zero attached hydrogens (tertiary/aromatic N) is 1. The zero-order valence-electron chi connectivity index (χ0n) is 12.6. The quantitative estimate of drug-likeness (QED) is 0.927. The lowest BCUT2D eigenvalue weighted by Crippen LogP contribution is -2.28. The van der Waals surface area contributed by atoms with Gasteiger partial charge in [-0.25, -0.2) is 0 Å². The third-order valence-electron chi connectivity index (χ3n) is 3.80. The maximum Gasteiger partial charge on any atom is 0.313 e. The largest absolute Gasteiger partial charge is 0.496 e. The van der Waals surface area contributed by atoms with E-state index in [9.17, 15) is 9.90 Å². The molecular weight excluding hydrogens is 254 g/mol. The summed E-state index contributed by atoms with van der Waals surface area (Å²) in [6.45, 7) is 7.61. The van der Waals surface area contributed by atoms with Crippen molar-refractivity contribution >= 4 is 16.9 Å². The van der Waals surface area contributed by atoms with Crippen molar-refractivity contribution in [2.24, 2.45) is 0 Å². The summed E-state index contributed by atoms with van der Waals surface area (Å²) in [5, 5.41) is 10.4. The molecule has 0 radical (unpaired) electrons. The fraction of sp³-hybridized carbons (Fsp3) is 0.438.